The summed E-state index contributed by atoms with van der Waals surface area (Å²) in [5.74, 6) is -4.34. The van der Waals surface area contributed by atoms with Crippen molar-refractivity contribution in [2.75, 3.05) is 18.4 Å². The topological polar surface area (TPSA) is 98.1 Å². The molecule has 9 heteroatoms. The third-order valence-electron chi connectivity index (χ3n) is 4.58. The van der Waals surface area contributed by atoms with Crippen LogP contribution < -0.4 is 10.6 Å². The van der Waals surface area contributed by atoms with E-state index in [1.54, 1.807) is 18.2 Å². The van der Waals surface area contributed by atoms with Gasteiger partial charge in [-0.2, -0.15) is 5.26 Å². The molecule has 2 heterocycles. The van der Waals surface area contributed by atoms with Crippen LogP contribution in [0.5, 0.6) is 0 Å². The molecule has 0 saturated carbocycles. The van der Waals surface area contributed by atoms with Gasteiger partial charge in [-0.25, -0.2) is 8.78 Å². The maximum atomic E-state index is 13.5. The Morgan fingerprint density at radius 2 is 2.14 bits per heavy atom. The lowest BCUT2D eigenvalue weighted by atomic mass is 10.1. The Balaban J connectivity index is 1.75. The number of anilines is 1. The molecule has 7 nitrogen and oxygen atoms in total. The Bertz CT molecular complexity index is 986. The van der Waals surface area contributed by atoms with E-state index in [1.807, 2.05) is 19.9 Å². The number of carbonyl (C=O) groups is 2. The number of alkyl halides is 2. The predicted molar refractivity (Wildman–Crippen MR) is 104 cm³/mol. The zero-order valence-corrected chi connectivity index (χ0v) is 16.1. The lowest BCUT2D eigenvalue weighted by Gasteiger charge is -2.19. The number of rotatable bonds is 5. The molecule has 2 aromatic rings. The van der Waals surface area contributed by atoms with Crippen molar-refractivity contribution in [2.45, 2.75) is 38.3 Å². The van der Waals surface area contributed by atoms with Crippen molar-refractivity contribution in [1.82, 2.24) is 15.2 Å². The first-order valence-electron chi connectivity index (χ1n) is 9.20. The molecule has 1 saturated heterocycles. The van der Waals surface area contributed by atoms with Crippen LogP contribution in [0.3, 0.4) is 0 Å². The largest absolute Gasteiger partial charge is 0.383 e. The average molecular weight is 401 g/mol. The molecule has 1 fully saturated rings. The average Bonchev–Trinajstić information content (AvgIpc) is 2.99. The highest BCUT2D eigenvalue weighted by Gasteiger charge is 2.47. The fourth-order valence-electron chi connectivity index (χ4n) is 3.31. The van der Waals surface area contributed by atoms with Gasteiger partial charge in [-0.15, -0.1) is 0 Å². The Morgan fingerprint density at radius 1 is 1.38 bits per heavy atom. The molecule has 0 aliphatic carbocycles. The maximum absolute atomic E-state index is 13.5. The summed E-state index contributed by atoms with van der Waals surface area (Å²) in [6.07, 6.45) is 0.797. The summed E-state index contributed by atoms with van der Waals surface area (Å²) in [5.41, 5.74) is 1.75. The number of nitrogens with zero attached hydrogens (tertiary/aromatic N) is 3. The fourth-order valence-corrected chi connectivity index (χ4v) is 3.31. The van der Waals surface area contributed by atoms with Crippen molar-refractivity contribution in [3.63, 3.8) is 0 Å². The molecule has 1 aromatic carbocycles. The lowest BCUT2D eigenvalue weighted by Crippen LogP contribution is -2.43. The number of fused-ring (bicyclic) bond motifs is 1. The van der Waals surface area contributed by atoms with Crippen LogP contribution in [0.1, 0.15) is 30.6 Å². The van der Waals surface area contributed by atoms with Crippen LogP contribution in [0.4, 0.5) is 14.5 Å². The molecule has 0 spiro atoms. The second-order valence-corrected chi connectivity index (χ2v) is 7.30. The number of carbonyl (C=O) groups excluding carboxylic acids is 2. The van der Waals surface area contributed by atoms with Gasteiger partial charge in [0, 0.05) is 29.7 Å². The highest BCUT2D eigenvalue weighted by Crippen LogP contribution is 2.31. The molecule has 1 aliphatic heterocycles. The first-order valence-corrected chi connectivity index (χ1v) is 9.20. The van der Waals surface area contributed by atoms with Gasteiger partial charge in [0.25, 0.3) is 11.8 Å². The van der Waals surface area contributed by atoms with E-state index >= 15 is 0 Å². The minimum atomic E-state index is -3.10. The Kier molecular flexibility index (Phi) is 5.64. The van der Waals surface area contributed by atoms with Crippen molar-refractivity contribution in [1.29, 1.82) is 5.26 Å². The van der Waals surface area contributed by atoms with Gasteiger partial charge in [0.1, 0.15) is 6.04 Å². The normalized spacial score (nSPS) is 17.9. The van der Waals surface area contributed by atoms with E-state index in [0.29, 0.717) is 16.5 Å². The molecule has 2 amide bonds. The van der Waals surface area contributed by atoms with E-state index in [9.17, 15) is 18.4 Å². The smallest absolute Gasteiger partial charge is 0.268 e. The van der Waals surface area contributed by atoms with Gasteiger partial charge in [0.15, 0.2) is 0 Å². The van der Waals surface area contributed by atoms with Crippen molar-refractivity contribution in [3.8, 4) is 6.07 Å². The summed E-state index contributed by atoms with van der Waals surface area (Å²) in [6, 6.07) is 7.69. The van der Waals surface area contributed by atoms with Gasteiger partial charge in [0.05, 0.1) is 30.2 Å². The van der Waals surface area contributed by atoms with Crippen LogP contribution >= 0.6 is 0 Å². The summed E-state index contributed by atoms with van der Waals surface area (Å²) in [6.45, 7) is 2.69. The first-order chi connectivity index (χ1) is 13.7. The predicted octanol–water partition coefficient (Wildman–Crippen LogP) is 2.54. The van der Waals surface area contributed by atoms with Gasteiger partial charge in [-0.05, 0) is 38.1 Å². The zero-order valence-electron chi connectivity index (χ0n) is 16.1. The van der Waals surface area contributed by atoms with Crippen LogP contribution in [-0.4, -0.2) is 52.8 Å². The molecule has 1 aromatic heterocycles. The molecule has 1 aliphatic rings. The Hall–Kier alpha value is -3.28. The van der Waals surface area contributed by atoms with Crippen LogP contribution in [-0.2, 0) is 4.79 Å². The summed E-state index contributed by atoms with van der Waals surface area (Å²) < 4.78 is 27.0. The summed E-state index contributed by atoms with van der Waals surface area (Å²) in [7, 11) is 0. The van der Waals surface area contributed by atoms with Crippen LogP contribution in [0.2, 0.25) is 0 Å². The van der Waals surface area contributed by atoms with Gasteiger partial charge in [-0.3, -0.25) is 14.6 Å². The number of benzene rings is 1. The summed E-state index contributed by atoms with van der Waals surface area (Å²) >= 11 is 0. The number of likely N-dealkylation sites (tertiary alicyclic amines) is 1. The minimum Gasteiger partial charge on any atom is -0.383 e. The van der Waals surface area contributed by atoms with Crippen molar-refractivity contribution >= 4 is 28.4 Å². The Morgan fingerprint density at radius 3 is 2.83 bits per heavy atom. The van der Waals surface area contributed by atoms with Crippen LogP contribution in [0, 0.1) is 11.3 Å². The standard InChI is InChI=1S/C20H21F2N5O2/c1-12(2)26-13-3-4-17-16(7-13)15(5-6-24-17)19(29)25-10-18(28)27-11-20(21,22)8-14(27)9-23/h3-7,12,14,26H,8,10-11H2,1-2H3,(H,25,29). The van der Waals surface area contributed by atoms with E-state index in [0.717, 1.165) is 10.6 Å². The van der Waals surface area contributed by atoms with Gasteiger partial charge in [0.2, 0.25) is 5.91 Å². The molecular weight excluding hydrogens is 380 g/mol. The van der Waals surface area contributed by atoms with Gasteiger partial charge in [-0.1, -0.05) is 0 Å². The number of amides is 2. The molecule has 0 bridgehead atoms. The lowest BCUT2D eigenvalue weighted by molar-refractivity contribution is -0.131. The van der Waals surface area contributed by atoms with E-state index in [1.165, 1.54) is 12.3 Å². The monoisotopic (exact) mass is 401 g/mol. The molecule has 29 heavy (non-hydrogen) atoms. The molecule has 3 rings (SSSR count). The summed E-state index contributed by atoms with van der Waals surface area (Å²) in [4.78, 5) is 30.0. The number of nitriles is 1. The number of halogens is 2. The first kappa shape index (κ1) is 20.5. The van der Waals surface area contributed by atoms with Crippen molar-refractivity contribution in [2.24, 2.45) is 0 Å². The molecule has 1 unspecified atom stereocenters. The van der Waals surface area contributed by atoms with Crippen molar-refractivity contribution < 1.29 is 18.4 Å². The van der Waals surface area contributed by atoms with Gasteiger partial charge >= 0.3 is 0 Å². The fraction of sp³-hybridized carbons (Fsp3) is 0.400. The highest BCUT2D eigenvalue weighted by atomic mass is 19.3. The molecule has 0 radical (unpaired) electrons. The van der Waals surface area contributed by atoms with Gasteiger partial charge < -0.3 is 15.5 Å². The minimum absolute atomic E-state index is 0.200. The quantitative estimate of drug-likeness (QED) is 0.802. The van der Waals surface area contributed by atoms with E-state index in [2.05, 4.69) is 15.6 Å². The number of hydrogen-bond acceptors (Lipinski definition) is 5. The SMILES string of the molecule is CC(C)Nc1ccc2nccc(C(=O)NCC(=O)N3CC(F)(F)CC3C#N)c2c1. The zero-order chi connectivity index (χ0) is 21.2. The summed E-state index contributed by atoms with van der Waals surface area (Å²) in [5, 5.41) is 15.3. The number of nitrogens with one attached hydrogen (secondary N) is 2. The van der Waals surface area contributed by atoms with E-state index in [4.69, 9.17) is 5.26 Å². The number of pyridine rings is 1. The van der Waals surface area contributed by atoms with Crippen molar-refractivity contribution in [3.05, 3.63) is 36.0 Å². The number of hydrogen-bond donors (Lipinski definition) is 2. The second kappa shape index (κ2) is 7.99. The third kappa shape index (κ3) is 4.59. The number of aromatic nitrogens is 1. The molecular formula is C20H21F2N5O2. The molecule has 1 atom stereocenters. The van der Waals surface area contributed by atoms with E-state index < -0.39 is 43.3 Å². The second-order valence-electron chi connectivity index (χ2n) is 7.30. The third-order valence-corrected chi connectivity index (χ3v) is 4.58. The molecule has 152 valence electrons. The van der Waals surface area contributed by atoms with E-state index in [-0.39, 0.29) is 6.04 Å². The maximum Gasteiger partial charge on any atom is 0.268 e. The highest BCUT2D eigenvalue weighted by molar-refractivity contribution is 6.07. The molecule has 2 N–H and O–H groups in total. The Labute approximate surface area is 166 Å². The van der Waals surface area contributed by atoms with Crippen LogP contribution in [0.15, 0.2) is 30.5 Å². The van der Waals surface area contributed by atoms with Crippen LogP contribution in [0.25, 0.3) is 10.9 Å².